The number of nitrogens with one attached hydrogen (secondary N) is 1. The summed E-state index contributed by atoms with van der Waals surface area (Å²) < 4.78 is 19.3. The van der Waals surface area contributed by atoms with E-state index in [0.717, 1.165) is 19.4 Å². The summed E-state index contributed by atoms with van der Waals surface area (Å²) in [4.78, 5) is 27.8. The second kappa shape index (κ2) is 8.29. The van der Waals surface area contributed by atoms with Crippen molar-refractivity contribution in [3.63, 3.8) is 0 Å². The van der Waals surface area contributed by atoms with Gasteiger partial charge in [-0.25, -0.2) is 4.39 Å². The van der Waals surface area contributed by atoms with Gasteiger partial charge in [-0.1, -0.05) is 12.1 Å². The Balaban J connectivity index is 1.42. The molecule has 136 valence electrons. The van der Waals surface area contributed by atoms with Crippen LogP contribution in [-0.2, 0) is 14.3 Å². The largest absolute Gasteiger partial charge is 0.376 e. The monoisotopic (exact) mass is 349 g/mol. The Labute approximate surface area is 146 Å². The van der Waals surface area contributed by atoms with Crippen LogP contribution in [0.15, 0.2) is 24.3 Å². The fourth-order valence-electron chi connectivity index (χ4n) is 3.25. The molecule has 2 aliphatic heterocycles. The number of halogens is 1. The first kappa shape index (κ1) is 17.7. The first-order valence-corrected chi connectivity index (χ1v) is 8.79. The topological polar surface area (TPSA) is 61.9 Å². The van der Waals surface area contributed by atoms with E-state index in [2.05, 4.69) is 5.32 Å². The molecule has 0 aromatic heterocycles. The van der Waals surface area contributed by atoms with E-state index in [1.807, 2.05) is 4.90 Å². The Hall–Kier alpha value is -2.15. The van der Waals surface area contributed by atoms with Crippen LogP contribution in [0.25, 0.3) is 0 Å². The Kier molecular flexibility index (Phi) is 5.86. The third kappa shape index (κ3) is 4.69. The van der Waals surface area contributed by atoms with Crippen LogP contribution in [0.1, 0.15) is 19.3 Å². The zero-order valence-corrected chi connectivity index (χ0v) is 14.2. The standard InChI is InChI=1S/C18H24FN3O3/c19-15-5-1-2-6-16(15)21-7-9-22(10-8-21)18(24)12-17(23)20-13-14-4-3-11-25-14/h1-2,5-6,14H,3-4,7-13H2,(H,20,23). The van der Waals surface area contributed by atoms with E-state index in [0.29, 0.717) is 38.4 Å². The Bertz CT molecular complexity index is 611. The molecule has 0 bridgehead atoms. The van der Waals surface area contributed by atoms with Gasteiger partial charge in [0.25, 0.3) is 0 Å². The van der Waals surface area contributed by atoms with Crippen LogP contribution in [0.3, 0.4) is 0 Å². The maximum Gasteiger partial charge on any atom is 0.232 e. The number of hydrogen-bond acceptors (Lipinski definition) is 4. The van der Waals surface area contributed by atoms with Crippen molar-refractivity contribution < 1.29 is 18.7 Å². The van der Waals surface area contributed by atoms with Crippen LogP contribution in [0.2, 0.25) is 0 Å². The number of anilines is 1. The highest BCUT2D eigenvalue weighted by molar-refractivity contribution is 5.97. The maximum atomic E-state index is 13.8. The molecule has 1 unspecified atom stereocenters. The zero-order valence-electron chi connectivity index (χ0n) is 14.2. The molecule has 0 aliphatic carbocycles. The minimum atomic E-state index is -0.267. The van der Waals surface area contributed by atoms with Gasteiger partial charge in [0.1, 0.15) is 12.2 Å². The summed E-state index contributed by atoms with van der Waals surface area (Å²) in [5.74, 6) is -0.703. The molecule has 0 saturated carbocycles. The molecule has 2 fully saturated rings. The van der Waals surface area contributed by atoms with Crippen molar-refractivity contribution in [3.05, 3.63) is 30.1 Å². The number of carbonyl (C=O) groups is 2. The molecule has 3 rings (SSSR count). The molecule has 0 radical (unpaired) electrons. The first-order chi connectivity index (χ1) is 12.1. The van der Waals surface area contributed by atoms with Gasteiger partial charge < -0.3 is 19.9 Å². The molecule has 6 nitrogen and oxygen atoms in total. The van der Waals surface area contributed by atoms with Crippen molar-refractivity contribution in [3.8, 4) is 0 Å². The van der Waals surface area contributed by atoms with E-state index in [4.69, 9.17) is 4.74 Å². The summed E-state index contributed by atoms with van der Waals surface area (Å²) in [7, 11) is 0. The molecule has 1 aromatic rings. The maximum absolute atomic E-state index is 13.8. The van der Waals surface area contributed by atoms with Crippen LogP contribution >= 0.6 is 0 Å². The number of hydrogen-bond donors (Lipinski definition) is 1. The Morgan fingerprint density at radius 3 is 2.64 bits per heavy atom. The van der Waals surface area contributed by atoms with Gasteiger partial charge in [0.05, 0.1) is 11.8 Å². The van der Waals surface area contributed by atoms with Gasteiger partial charge in [0.15, 0.2) is 0 Å². The van der Waals surface area contributed by atoms with E-state index in [9.17, 15) is 14.0 Å². The summed E-state index contributed by atoms with van der Waals surface area (Å²) in [6.45, 7) is 3.31. The summed E-state index contributed by atoms with van der Waals surface area (Å²) in [5.41, 5.74) is 0.559. The van der Waals surface area contributed by atoms with Crippen molar-refractivity contribution in [1.29, 1.82) is 0 Å². The van der Waals surface area contributed by atoms with Gasteiger partial charge >= 0.3 is 0 Å². The molecule has 1 atom stereocenters. The molecule has 2 heterocycles. The molecule has 1 aromatic carbocycles. The van der Waals surface area contributed by atoms with Crippen molar-refractivity contribution >= 4 is 17.5 Å². The van der Waals surface area contributed by atoms with Crippen LogP contribution in [-0.4, -0.2) is 62.1 Å². The number of amides is 2. The lowest BCUT2D eigenvalue weighted by molar-refractivity contribution is -0.136. The smallest absolute Gasteiger partial charge is 0.232 e. The van der Waals surface area contributed by atoms with Gasteiger partial charge in [-0.05, 0) is 25.0 Å². The Morgan fingerprint density at radius 2 is 1.96 bits per heavy atom. The second-order valence-corrected chi connectivity index (χ2v) is 6.44. The van der Waals surface area contributed by atoms with Crippen molar-refractivity contribution in [1.82, 2.24) is 10.2 Å². The second-order valence-electron chi connectivity index (χ2n) is 6.44. The summed E-state index contributed by atoms with van der Waals surface area (Å²) in [6, 6.07) is 6.64. The van der Waals surface area contributed by atoms with Crippen molar-refractivity contribution in [2.24, 2.45) is 0 Å². The van der Waals surface area contributed by atoms with Gasteiger partial charge in [0.2, 0.25) is 11.8 Å². The fourth-order valence-corrected chi connectivity index (χ4v) is 3.25. The van der Waals surface area contributed by atoms with Crippen LogP contribution in [0.4, 0.5) is 10.1 Å². The summed E-state index contributed by atoms with van der Waals surface area (Å²) >= 11 is 0. The third-order valence-electron chi connectivity index (χ3n) is 4.69. The van der Waals surface area contributed by atoms with E-state index >= 15 is 0 Å². The third-order valence-corrected chi connectivity index (χ3v) is 4.69. The fraction of sp³-hybridized carbons (Fsp3) is 0.556. The number of nitrogens with zero attached hydrogens (tertiary/aromatic N) is 2. The highest BCUT2D eigenvalue weighted by Crippen LogP contribution is 2.20. The van der Waals surface area contributed by atoms with E-state index < -0.39 is 0 Å². The SMILES string of the molecule is O=C(CC(=O)N1CCN(c2ccccc2F)CC1)NCC1CCCO1. The molecule has 2 aliphatic rings. The number of para-hydroxylation sites is 1. The minimum absolute atomic E-state index is 0.0726. The predicted octanol–water partition coefficient (Wildman–Crippen LogP) is 1.16. The average molecular weight is 349 g/mol. The van der Waals surface area contributed by atoms with Gasteiger partial charge in [0, 0.05) is 39.3 Å². The number of carbonyl (C=O) groups excluding carboxylic acids is 2. The molecule has 2 saturated heterocycles. The van der Waals surface area contributed by atoms with Crippen molar-refractivity contribution in [2.45, 2.75) is 25.4 Å². The quantitative estimate of drug-likeness (QED) is 0.811. The highest BCUT2D eigenvalue weighted by Gasteiger charge is 2.24. The number of rotatable bonds is 5. The molecule has 2 amide bonds. The van der Waals surface area contributed by atoms with Gasteiger partial charge in [-0.2, -0.15) is 0 Å². The number of benzene rings is 1. The molecule has 1 N–H and O–H groups in total. The van der Waals surface area contributed by atoms with Crippen LogP contribution in [0.5, 0.6) is 0 Å². The summed E-state index contributed by atoms with van der Waals surface area (Å²) in [5, 5.41) is 2.77. The number of ether oxygens (including phenoxy) is 1. The summed E-state index contributed by atoms with van der Waals surface area (Å²) in [6.07, 6.45) is 1.90. The predicted molar refractivity (Wildman–Crippen MR) is 91.8 cm³/mol. The van der Waals surface area contributed by atoms with E-state index in [1.54, 1.807) is 23.1 Å². The lowest BCUT2D eigenvalue weighted by Gasteiger charge is -2.36. The number of piperazine rings is 1. The lowest BCUT2D eigenvalue weighted by Crippen LogP contribution is -2.50. The van der Waals surface area contributed by atoms with Gasteiger partial charge in [-0.15, -0.1) is 0 Å². The molecular weight excluding hydrogens is 325 g/mol. The van der Waals surface area contributed by atoms with Crippen LogP contribution < -0.4 is 10.2 Å². The molecular formula is C18H24FN3O3. The van der Waals surface area contributed by atoms with E-state index in [1.165, 1.54) is 6.07 Å². The average Bonchev–Trinajstić information content (AvgIpc) is 3.14. The molecule has 7 heteroatoms. The van der Waals surface area contributed by atoms with E-state index in [-0.39, 0.29) is 30.2 Å². The lowest BCUT2D eigenvalue weighted by atomic mass is 10.2. The highest BCUT2D eigenvalue weighted by atomic mass is 19.1. The van der Waals surface area contributed by atoms with Gasteiger partial charge in [-0.3, -0.25) is 9.59 Å². The molecule has 0 spiro atoms. The first-order valence-electron chi connectivity index (χ1n) is 8.79. The molecule has 25 heavy (non-hydrogen) atoms. The Morgan fingerprint density at radius 1 is 1.20 bits per heavy atom. The zero-order chi connectivity index (χ0) is 17.6. The van der Waals surface area contributed by atoms with Crippen molar-refractivity contribution in [2.75, 3.05) is 44.2 Å². The minimum Gasteiger partial charge on any atom is -0.376 e. The van der Waals surface area contributed by atoms with Crippen LogP contribution in [0, 0.1) is 5.82 Å². The normalized spacial score (nSPS) is 20.6.